The zero-order valence-corrected chi connectivity index (χ0v) is 12.3. The highest BCUT2D eigenvalue weighted by Crippen LogP contribution is 2.27. The van der Waals surface area contributed by atoms with Gasteiger partial charge in [-0.1, -0.05) is 32.9 Å². The van der Waals surface area contributed by atoms with Crippen molar-refractivity contribution >= 4 is 21.4 Å². The van der Waals surface area contributed by atoms with Crippen molar-refractivity contribution in [3.8, 4) is 0 Å². The van der Waals surface area contributed by atoms with Crippen LogP contribution in [0.4, 0.5) is 14.5 Å². The van der Waals surface area contributed by atoms with E-state index >= 15 is 0 Å². The van der Waals surface area contributed by atoms with Gasteiger partial charge in [-0.15, -0.1) is 0 Å². The first-order chi connectivity index (χ1) is 9.04. The normalized spacial score (nSPS) is 12.5. The summed E-state index contributed by atoms with van der Waals surface area (Å²) in [4.78, 5) is 11.2. The van der Waals surface area contributed by atoms with Gasteiger partial charge in [0, 0.05) is 6.42 Å². The molecule has 0 spiro atoms. The quantitative estimate of drug-likeness (QED) is 0.930. The number of alkyl halides is 2. The molecule has 0 saturated heterocycles. The molecule has 1 amide bonds. The molecule has 1 N–H and O–H groups in total. The first-order valence-electron chi connectivity index (χ1n) is 5.95. The number of carbonyl (C=O) groups excluding carboxylic acids is 1. The zero-order chi connectivity index (χ0) is 15.6. The molecular formula is C13H17F2NO3S. The van der Waals surface area contributed by atoms with Crippen molar-refractivity contribution in [3.05, 3.63) is 24.3 Å². The standard InChI is InChI=1S/C13H17F2NO3S/c1-13(2,3)8-11(17)16-9-6-4-5-7-10(9)20(18,19)12(14)15/h4-7,12H,8H2,1-3H3,(H,16,17). The van der Waals surface area contributed by atoms with E-state index in [0.717, 1.165) is 6.07 Å². The second-order valence-electron chi connectivity index (χ2n) is 5.59. The maximum absolute atomic E-state index is 12.6. The number of rotatable bonds is 4. The summed E-state index contributed by atoms with van der Waals surface area (Å²) in [6, 6.07) is 5.13. The van der Waals surface area contributed by atoms with E-state index in [4.69, 9.17) is 0 Å². The number of hydrogen-bond donors (Lipinski definition) is 1. The van der Waals surface area contributed by atoms with Crippen molar-refractivity contribution < 1.29 is 22.0 Å². The summed E-state index contributed by atoms with van der Waals surface area (Å²) >= 11 is 0. The Morgan fingerprint density at radius 2 is 1.80 bits per heavy atom. The van der Waals surface area contributed by atoms with Crippen LogP contribution in [0.2, 0.25) is 0 Å². The third-order valence-corrected chi connectivity index (χ3v) is 3.83. The molecule has 0 radical (unpaired) electrons. The second kappa shape index (κ2) is 5.87. The highest BCUT2D eigenvalue weighted by Gasteiger charge is 2.29. The molecule has 0 aliphatic rings. The smallest absolute Gasteiger partial charge is 0.325 e. The minimum atomic E-state index is -4.74. The van der Waals surface area contributed by atoms with Crippen LogP contribution in [0, 0.1) is 5.41 Å². The van der Waals surface area contributed by atoms with Crippen LogP contribution in [0.5, 0.6) is 0 Å². The molecule has 20 heavy (non-hydrogen) atoms. The van der Waals surface area contributed by atoms with Gasteiger partial charge in [0.15, 0.2) is 0 Å². The highest BCUT2D eigenvalue weighted by atomic mass is 32.2. The van der Waals surface area contributed by atoms with Crippen molar-refractivity contribution in [2.24, 2.45) is 5.41 Å². The average Bonchev–Trinajstić information content (AvgIpc) is 2.26. The van der Waals surface area contributed by atoms with Crippen molar-refractivity contribution in [1.29, 1.82) is 0 Å². The van der Waals surface area contributed by atoms with E-state index in [2.05, 4.69) is 5.32 Å². The Labute approximate surface area is 117 Å². The van der Waals surface area contributed by atoms with Crippen LogP contribution in [0.3, 0.4) is 0 Å². The van der Waals surface area contributed by atoms with Gasteiger partial charge in [0.25, 0.3) is 0 Å². The zero-order valence-electron chi connectivity index (χ0n) is 11.5. The second-order valence-corrected chi connectivity index (χ2v) is 7.47. The van der Waals surface area contributed by atoms with E-state index < -0.39 is 26.4 Å². The van der Waals surface area contributed by atoms with Crippen LogP contribution >= 0.6 is 0 Å². The molecule has 1 rings (SSSR count). The number of hydrogen-bond acceptors (Lipinski definition) is 3. The lowest BCUT2D eigenvalue weighted by Crippen LogP contribution is -2.21. The lowest BCUT2D eigenvalue weighted by Gasteiger charge is -2.18. The van der Waals surface area contributed by atoms with Crippen LogP contribution < -0.4 is 5.32 Å². The Morgan fingerprint density at radius 1 is 1.25 bits per heavy atom. The number of amides is 1. The predicted octanol–water partition coefficient (Wildman–Crippen LogP) is 3.06. The Bertz CT molecular complexity index is 592. The molecule has 1 aromatic rings. The number of sulfone groups is 1. The molecule has 0 saturated carbocycles. The van der Waals surface area contributed by atoms with Gasteiger partial charge in [-0.3, -0.25) is 4.79 Å². The van der Waals surface area contributed by atoms with Crippen molar-refractivity contribution in [3.63, 3.8) is 0 Å². The molecule has 0 aliphatic heterocycles. The lowest BCUT2D eigenvalue weighted by molar-refractivity contribution is -0.117. The fraction of sp³-hybridized carbons (Fsp3) is 0.462. The number of anilines is 1. The van der Waals surface area contributed by atoms with E-state index in [9.17, 15) is 22.0 Å². The maximum atomic E-state index is 12.6. The fourth-order valence-electron chi connectivity index (χ4n) is 1.59. The summed E-state index contributed by atoms with van der Waals surface area (Å²) in [7, 11) is -4.74. The summed E-state index contributed by atoms with van der Waals surface area (Å²) < 4.78 is 48.2. The molecule has 0 aliphatic carbocycles. The van der Waals surface area contributed by atoms with Gasteiger partial charge in [-0.2, -0.15) is 8.78 Å². The molecular weight excluding hydrogens is 288 g/mol. The number of carbonyl (C=O) groups is 1. The minimum absolute atomic E-state index is 0.123. The third kappa shape index (κ3) is 4.26. The molecule has 112 valence electrons. The summed E-state index contributed by atoms with van der Waals surface area (Å²) in [5, 5.41) is 2.38. The fourth-order valence-corrected chi connectivity index (χ4v) is 2.48. The lowest BCUT2D eigenvalue weighted by atomic mass is 9.92. The summed E-state index contributed by atoms with van der Waals surface area (Å²) in [5.41, 5.74) is -0.414. The van der Waals surface area contributed by atoms with Gasteiger partial charge in [-0.05, 0) is 17.5 Å². The van der Waals surface area contributed by atoms with Gasteiger partial charge in [0.1, 0.15) is 0 Å². The van der Waals surface area contributed by atoms with Crippen molar-refractivity contribution in [1.82, 2.24) is 0 Å². The molecule has 1 aromatic carbocycles. The number of benzene rings is 1. The van der Waals surface area contributed by atoms with E-state index in [1.165, 1.54) is 18.2 Å². The monoisotopic (exact) mass is 305 g/mol. The van der Waals surface area contributed by atoms with Crippen LogP contribution in [0.15, 0.2) is 29.2 Å². The molecule has 0 unspecified atom stereocenters. The topological polar surface area (TPSA) is 63.2 Å². The van der Waals surface area contributed by atoms with E-state index in [0.29, 0.717) is 0 Å². The van der Waals surface area contributed by atoms with Crippen LogP contribution in [-0.4, -0.2) is 20.1 Å². The number of para-hydroxylation sites is 1. The molecule has 7 heteroatoms. The van der Waals surface area contributed by atoms with Gasteiger partial charge in [0.05, 0.1) is 10.6 Å². The third-order valence-electron chi connectivity index (χ3n) is 2.39. The molecule has 0 atom stereocenters. The Kier molecular flexibility index (Phi) is 4.86. The van der Waals surface area contributed by atoms with Gasteiger partial charge in [-0.25, -0.2) is 8.42 Å². The van der Waals surface area contributed by atoms with E-state index in [1.54, 1.807) is 0 Å². The molecule has 4 nitrogen and oxygen atoms in total. The molecule has 0 bridgehead atoms. The van der Waals surface area contributed by atoms with E-state index in [-0.39, 0.29) is 17.5 Å². The van der Waals surface area contributed by atoms with E-state index in [1.807, 2.05) is 20.8 Å². The Hall–Kier alpha value is -1.50. The predicted molar refractivity (Wildman–Crippen MR) is 72.3 cm³/mol. The van der Waals surface area contributed by atoms with Gasteiger partial charge < -0.3 is 5.32 Å². The molecule has 0 fully saturated rings. The minimum Gasteiger partial charge on any atom is -0.325 e. The van der Waals surface area contributed by atoms with Crippen LogP contribution in [0.1, 0.15) is 27.2 Å². The SMILES string of the molecule is CC(C)(C)CC(=O)Nc1ccccc1S(=O)(=O)C(F)F. The largest absolute Gasteiger partial charge is 0.341 e. The first-order valence-corrected chi connectivity index (χ1v) is 7.49. The van der Waals surface area contributed by atoms with Crippen molar-refractivity contribution in [2.45, 2.75) is 37.8 Å². The molecule has 0 aromatic heterocycles. The van der Waals surface area contributed by atoms with Gasteiger partial charge in [0.2, 0.25) is 15.7 Å². The summed E-state index contributed by atoms with van der Waals surface area (Å²) in [6.45, 7) is 5.52. The van der Waals surface area contributed by atoms with Crippen LogP contribution in [-0.2, 0) is 14.6 Å². The molecule has 0 heterocycles. The summed E-state index contributed by atoms with van der Waals surface area (Å²) in [6.07, 6.45) is 0.149. The highest BCUT2D eigenvalue weighted by molar-refractivity contribution is 7.91. The Morgan fingerprint density at radius 3 is 2.30 bits per heavy atom. The summed E-state index contributed by atoms with van der Waals surface area (Å²) in [5.74, 6) is -3.95. The number of halogens is 2. The maximum Gasteiger partial charge on any atom is 0.341 e. The first kappa shape index (κ1) is 16.6. The van der Waals surface area contributed by atoms with Crippen LogP contribution in [0.25, 0.3) is 0 Å². The van der Waals surface area contributed by atoms with Crippen molar-refractivity contribution in [2.75, 3.05) is 5.32 Å². The van der Waals surface area contributed by atoms with Gasteiger partial charge >= 0.3 is 5.76 Å². The Balaban J connectivity index is 3.07. The number of nitrogens with one attached hydrogen (secondary N) is 1. The average molecular weight is 305 g/mol.